The summed E-state index contributed by atoms with van der Waals surface area (Å²) >= 11 is 12.3. The summed E-state index contributed by atoms with van der Waals surface area (Å²) in [6, 6.07) is 22.7. The molecule has 4 aromatic rings. The van der Waals surface area contributed by atoms with E-state index in [4.69, 9.17) is 23.2 Å². The van der Waals surface area contributed by atoms with Crippen molar-refractivity contribution in [2.24, 2.45) is 0 Å². The molecule has 3 nitrogen and oxygen atoms in total. The van der Waals surface area contributed by atoms with Gasteiger partial charge in [-0.05, 0) is 35.7 Å². The summed E-state index contributed by atoms with van der Waals surface area (Å²) in [5.74, 6) is 0.0378. The van der Waals surface area contributed by atoms with Gasteiger partial charge in [-0.3, -0.25) is 4.79 Å². The van der Waals surface area contributed by atoms with E-state index in [1.807, 2.05) is 66.7 Å². The highest BCUT2D eigenvalue weighted by Crippen LogP contribution is 2.25. The molecular weight excluding hydrogens is 403 g/mol. The number of hydrogen-bond acceptors (Lipinski definition) is 2. The van der Waals surface area contributed by atoms with Crippen LogP contribution in [-0.4, -0.2) is 17.3 Å². The molecule has 0 bridgehead atoms. The fourth-order valence-corrected chi connectivity index (χ4v) is 4.02. The fourth-order valence-electron chi connectivity index (χ4n) is 3.51. The second-order valence-corrected chi connectivity index (χ2v) is 7.74. The number of benzene rings is 3. The molecule has 0 aliphatic heterocycles. The number of hydrogen-bond donors (Lipinski definition) is 2. The van der Waals surface area contributed by atoms with Crippen LogP contribution in [0.25, 0.3) is 10.9 Å². The Balaban J connectivity index is 1.58. The number of carbonyl (C=O) groups is 1. The van der Waals surface area contributed by atoms with Crippen molar-refractivity contribution in [3.8, 4) is 0 Å². The lowest BCUT2D eigenvalue weighted by molar-refractivity contribution is 0.0945. The van der Waals surface area contributed by atoms with E-state index in [0.29, 0.717) is 28.6 Å². The normalized spacial score (nSPS) is 12.2. The van der Waals surface area contributed by atoms with Crippen molar-refractivity contribution < 1.29 is 4.79 Å². The molecule has 29 heavy (non-hydrogen) atoms. The molecular formula is C24H20Cl2N2O. The first-order valence-corrected chi connectivity index (χ1v) is 10.2. The standard InChI is InChI=1S/C24H20Cl2N2O/c25-18-11-10-16(21(26)14-18)12-13-27-23(17-6-2-1-3-7-17)24(29)20-15-28-22-9-5-4-8-19(20)22/h1-11,14-15,23,27-28H,12-13H2. The number of aromatic amines is 1. The average Bonchev–Trinajstić information content (AvgIpc) is 3.17. The van der Waals surface area contributed by atoms with Crippen LogP contribution < -0.4 is 5.32 Å². The summed E-state index contributed by atoms with van der Waals surface area (Å²) in [7, 11) is 0. The van der Waals surface area contributed by atoms with Gasteiger partial charge in [-0.25, -0.2) is 0 Å². The number of fused-ring (bicyclic) bond motifs is 1. The molecule has 146 valence electrons. The summed E-state index contributed by atoms with van der Waals surface area (Å²) in [6.07, 6.45) is 2.49. The van der Waals surface area contributed by atoms with Gasteiger partial charge in [0.25, 0.3) is 0 Å². The van der Waals surface area contributed by atoms with Gasteiger partial charge in [-0.2, -0.15) is 0 Å². The lowest BCUT2D eigenvalue weighted by atomic mass is 9.96. The molecule has 0 aliphatic rings. The van der Waals surface area contributed by atoms with Gasteiger partial charge in [0, 0.05) is 39.3 Å². The largest absolute Gasteiger partial charge is 0.360 e. The van der Waals surface area contributed by atoms with E-state index < -0.39 is 6.04 Å². The van der Waals surface area contributed by atoms with Gasteiger partial charge in [0.15, 0.2) is 5.78 Å². The summed E-state index contributed by atoms with van der Waals surface area (Å²) in [4.78, 5) is 16.6. The minimum atomic E-state index is -0.443. The maximum Gasteiger partial charge on any atom is 0.186 e. The molecule has 0 amide bonds. The molecule has 2 N–H and O–H groups in total. The third kappa shape index (κ3) is 4.38. The molecule has 0 aliphatic carbocycles. The number of rotatable bonds is 7. The first-order valence-electron chi connectivity index (χ1n) is 9.46. The Bertz CT molecular complexity index is 1140. The maximum absolute atomic E-state index is 13.4. The zero-order valence-electron chi connectivity index (χ0n) is 15.7. The van der Waals surface area contributed by atoms with Crippen LogP contribution in [0.3, 0.4) is 0 Å². The van der Waals surface area contributed by atoms with E-state index in [9.17, 15) is 4.79 Å². The van der Waals surface area contributed by atoms with Crippen LogP contribution in [-0.2, 0) is 6.42 Å². The van der Waals surface area contributed by atoms with Crippen molar-refractivity contribution in [1.82, 2.24) is 10.3 Å². The predicted molar refractivity (Wildman–Crippen MR) is 120 cm³/mol. The van der Waals surface area contributed by atoms with Crippen molar-refractivity contribution in [2.75, 3.05) is 6.54 Å². The van der Waals surface area contributed by atoms with Gasteiger partial charge < -0.3 is 10.3 Å². The number of halogens is 2. The van der Waals surface area contributed by atoms with Gasteiger partial charge in [-0.15, -0.1) is 0 Å². The van der Waals surface area contributed by atoms with Gasteiger partial charge >= 0.3 is 0 Å². The fraction of sp³-hybridized carbons (Fsp3) is 0.125. The minimum Gasteiger partial charge on any atom is -0.360 e. The molecule has 1 atom stereocenters. The molecule has 0 saturated heterocycles. The number of para-hydroxylation sites is 1. The van der Waals surface area contributed by atoms with E-state index in [-0.39, 0.29) is 5.78 Å². The van der Waals surface area contributed by atoms with Crippen LogP contribution in [0.1, 0.15) is 27.5 Å². The zero-order chi connectivity index (χ0) is 20.2. The van der Waals surface area contributed by atoms with Crippen molar-refractivity contribution in [2.45, 2.75) is 12.5 Å². The molecule has 0 radical (unpaired) electrons. The van der Waals surface area contributed by atoms with Crippen LogP contribution in [0.4, 0.5) is 0 Å². The molecule has 0 saturated carbocycles. The topological polar surface area (TPSA) is 44.9 Å². The highest BCUT2D eigenvalue weighted by Gasteiger charge is 2.23. The molecule has 0 spiro atoms. The van der Waals surface area contributed by atoms with E-state index in [0.717, 1.165) is 22.0 Å². The van der Waals surface area contributed by atoms with Gasteiger partial charge in [0.05, 0.1) is 6.04 Å². The number of ketones is 1. The Morgan fingerprint density at radius 3 is 2.52 bits per heavy atom. The molecule has 5 heteroatoms. The van der Waals surface area contributed by atoms with E-state index in [2.05, 4.69) is 10.3 Å². The number of H-pyrrole nitrogens is 1. The van der Waals surface area contributed by atoms with Crippen LogP contribution in [0.5, 0.6) is 0 Å². The van der Waals surface area contributed by atoms with Gasteiger partial charge in [-0.1, -0.05) is 77.8 Å². The summed E-state index contributed by atoms with van der Waals surface area (Å²) in [5.41, 5.74) is 3.57. The van der Waals surface area contributed by atoms with Crippen LogP contribution in [0.2, 0.25) is 10.0 Å². The predicted octanol–water partition coefficient (Wildman–Crippen LogP) is 6.23. The highest BCUT2D eigenvalue weighted by molar-refractivity contribution is 6.35. The molecule has 0 fully saturated rings. The molecule has 1 unspecified atom stereocenters. The zero-order valence-corrected chi connectivity index (χ0v) is 17.2. The third-order valence-corrected chi connectivity index (χ3v) is 5.59. The third-order valence-electron chi connectivity index (χ3n) is 5.01. The van der Waals surface area contributed by atoms with Crippen molar-refractivity contribution in [3.63, 3.8) is 0 Å². The second-order valence-electron chi connectivity index (χ2n) is 6.90. The van der Waals surface area contributed by atoms with Gasteiger partial charge in [0.2, 0.25) is 0 Å². The molecule has 1 aromatic heterocycles. The monoisotopic (exact) mass is 422 g/mol. The Morgan fingerprint density at radius 1 is 0.966 bits per heavy atom. The first-order chi connectivity index (χ1) is 14.1. The number of aromatic nitrogens is 1. The van der Waals surface area contributed by atoms with Crippen LogP contribution in [0.15, 0.2) is 79.0 Å². The average molecular weight is 423 g/mol. The summed E-state index contributed by atoms with van der Waals surface area (Å²) < 4.78 is 0. The minimum absolute atomic E-state index is 0.0378. The lowest BCUT2D eigenvalue weighted by Gasteiger charge is -2.18. The number of nitrogens with one attached hydrogen (secondary N) is 2. The van der Waals surface area contributed by atoms with Crippen LogP contribution >= 0.6 is 23.2 Å². The summed E-state index contributed by atoms with van der Waals surface area (Å²) in [6.45, 7) is 0.606. The highest BCUT2D eigenvalue weighted by atomic mass is 35.5. The quantitative estimate of drug-likeness (QED) is 0.346. The number of Topliss-reactive ketones (excluding diaryl/α,β-unsaturated/α-hetero) is 1. The van der Waals surface area contributed by atoms with E-state index in [1.54, 1.807) is 12.3 Å². The Kier molecular flexibility index (Phi) is 6.00. The first kappa shape index (κ1) is 19.7. The summed E-state index contributed by atoms with van der Waals surface area (Å²) in [5, 5.41) is 5.61. The van der Waals surface area contributed by atoms with Crippen LogP contribution in [0, 0.1) is 0 Å². The van der Waals surface area contributed by atoms with E-state index in [1.165, 1.54) is 0 Å². The number of carbonyl (C=O) groups excluding carboxylic acids is 1. The molecule has 1 heterocycles. The lowest BCUT2D eigenvalue weighted by Crippen LogP contribution is -2.30. The van der Waals surface area contributed by atoms with Crippen molar-refractivity contribution in [3.05, 3.63) is 106 Å². The Hall–Kier alpha value is -2.59. The SMILES string of the molecule is O=C(c1c[nH]c2ccccc12)C(NCCc1ccc(Cl)cc1Cl)c1ccccc1. The van der Waals surface area contributed by atoms with Crippen molar-refractivity contribution in [1.29, 1.82) is 0 Å². The van der Waals surface area contributed by atoms with Gasteiger partial charge in [0.1, 0.15) is 0 Å². The van der Waals surface area contributed by atoms with Crippen molar-refractivity contribution >= 4 is 39.9 Å². The molecule has 4 rings (SSSR count). The second kappa shape index (κ2) is 8.83. The van der Waals surface area contributed by atoms with E-state index >= 15 is 0 Å². The molecule has 3 aromatic carbocycles. The maximum atomic E-state index is 13.4. The Morgan fingerprint density at radius 2 is 1.72 bits per heavy atom. The smallest absolute Gasteiger partial charge is 0.186 e. The Labute approximate surface area is 179 Å².